The Bertz CT molecular complexity index is 307. The lowest BCUT2D eigenvalue weighted by atomic mass is 9.89. The normalized spacial score (nSPS) is 27.9. The Morgan fingerprint density at radius 2 is 2.53 bits per heavy atom. The molecule has 0 spiro atoms. The average molecular weight is 206 g/mol. The molecule has 0 amide bonds. The van der Waals surface area contributed by atoms with Crippen LogP contribution in [0.5, 0.6) is 0 Å². The van der Waals surface area contributed by atoms with E-state index in [1.807, 2.05) is 12.3 Å². The van der Waals surface area contributed by atoms with Gasteiger partial charge in [-0.2, -0.15) is 0 Å². The number of nitrogens with zero attached hydrogens (tertiary/aromatic N) is 1. The lowest BCUT2D eigenvalue weighted by Gasteiger charge is -2.30. The second-order valence-corrected chi connectivity index (χ2v) is 4.44. The van der Waals surface area contributed by atoms with E-state index in [0.717, 1.165) is 25.9 Å². The van der Waals surface area contributed by atoms with Crippen LogP contribution in [-0.4, -0.2) is 23.2 Å². The third kappa shape index (κ3) is 2.36. The van der Waals surface area contributed by atoms with E-state index < -0.39 is 0 Å². The summed E-state index contributed by atoms with van der Waals surface area (Å²) in [5.41, 5.74) is 7.23. The van der Waals surface area contributed by atoms with Crippen LogP contribution >= 0.6 is 0 Å². The monoisotopic (exact) mass is 206 g/mol. The van der Waals surface area contributed by atoms with Crippen LogP contribution in [0, 0.1) is 0 Å². The highest BCUT2D eigenvalue weighted by Crippen LogP contribution is 2.28. The summed E-state index contributed by atoms with van der Waals surface area (Å²) >= 11 is 0. The minimum atomic E-state index is -0.143. The van der Waals surface area contributed by atoms with Gasteiger partial charge in [0.2, 0.25) is 0 Å². The second kappa shape index (κ2) is 4.29. The van der Waals surface area contributed by atoms with Crippen molar-refractivity contribution in [2.45, 2.75) is 37.8 Å². The van der Waals surface area contributed by atoms with Crippen molar-refractivity contribution in [3.8, 4) is 0 Å². The molecule has 1 aromatic heterocycles. The van der Waals surface area contributed by atoms with Gasteiger partial charge < -0.3 is 10.5 Å². The molecule has 0 bridgehead atoms. The number of hydrogen-bond donors (Lipinski definition) is 1. The maximum Gasteiger partial charge on any atom is 0.0808 e. The summed E-state index contributed by atoms with van der Waals surface area (Å²) in [7, 11) is 0. The highest BCUT2D eigenvalue weighted by atomic mass is 16.5. The fourth-order valence-electron chi connectivity index (χ4n) is 2.08. The number of aromatic nitrogens is 1. The molecule has 0 aromatic carbocycles. The molecule has 2 unspecified atom stereocenters. The topological polar surface area (TPSA) is 48.1 Å². The molecule has 0 saturated carbocycles. The highest BCUT2D eigenvalue weighted by molar-refractivity contribution is 5.12. The van der Waals surface area contributed by atoms with Crippen LogP contribution in [0.1, 0.15) is 25.3 Å². The first kappa shape index (κ1) is 10.6. The van der Waals surface area contributed by atoms with Crippen LogP contribution in [-0.2, 0) is 11.2 Å². The summed E-state index contributed by atoms with van der Waals surface area (Å²) in [6.45, 7) is 2.96. The fraction of sp³-hybridized carbons (Fsp3) is 0.583. The molecule has 1 aliphatic heterocycles. The van der Waals surface area contributed by atoms with Crippen molar-refractivity contribution >= 4 is 0 Å². The van der Waals surface area contributed by atoms with E-state index in [1.54, 1.807) is 6.20 Å². The smallest absolute Gasteiger partial charge is 0.0808 e. The Kier molecular flexibility index (Phi) is 3.03. The molecule has 1 saturated heterocycles. The zero-order valence-corrected chi connectivity index (χ0v) is 9.15. The van der Waals surface area contributed by atoms with Crippen molar-refractivity contribution in [3.05, 3.63) is 30.1 Å². The molecule has 2 heterocycles. The molecule has 2 rings (SSSR count). The fourth-order valence-corrected chi connectivity index (χ4v) is 2.08. The van der Waals surface area contributed by atoms with Crippen LogP contribution < -0.4 is 5.73 Å². The second-order valence-electron chi connectivity index (χ2n) is 4.44. The highest BCUT2D eigenvalue weighted by Gasteiger charge is 2.35. The first-order valence-electron chi connectivity index (χ1n) is 5.49. The molecule has 15 heavy (non-hydrogen) atoms. The molecule has 82 valence electrons. The Balaban J connectivity index is 2.00. The summed E-state index contributed by atoms with van der Waals surface area (Å²) in [6.07, 6.45) is 6.68. The summed E-state index contributed by atoms with van der Waals surface area (Å²) < 4.78 is 5.73. The van der Waals surface area contributed by atoms with Gasteiger partial charge in [-0.3, -0.25) is 4.98 Å². The van der Waals surface area contributed by atoms with E-state index in [-0.39, 0.29) is 11.6 Å². The molecule has 3 nitrogen and oxygen atoms in total. The van der Waals surface area contributed by atoms with Gasteiger partial charge in [-0.1, -0.05) is 6.07 Å². The van der Waals surface area contributed by atoms with Crippen LogP contribution in [0.3, 0.4) is 0 Å². The van der Waals surface area contributed by atoms with Crippen LogP contribution in [0.25, 0.3) is 0 Å². The van der Waals surface area contributed by atoms with Crippen molar-refractivity contribution in [1.82, 2.24) is 4.98 Å². The van der Waals surface area contributed by atoms with Gasteiger partial charge in [0.15, 0.2) is 0 Å². The minimum Gasteiger partial charge on any atom is -0.374 e. The zero-order chi connectivity index (χ0) is 10.7. The third-order valence-corrected chi connectivity index (χ3v) is 3.21. The van der Waals surface area contributed by atoms with E-state index in [1.165, 1.54) is 5.56 Å². The van der Waals surface area contributed by atoms with Gasteiger partial charge in [0.25, 0.3) is 0 Å². The summed E-state index contributed by atoms with van der Waals surface area (Å²) in [5.74, 6) is 0. The Morgan fingerprint density at radius 1 is 1.67 bits per heavy atom. The third-order valence-electron chi connectivity index (χ3n) is 3.21. The minimum absolute atomic E-state index is 0.0594. The predicted octanol–water partition coefficient (Wildman–Crippen LogP) is 1.52. The van der Waals surface area contributed by atoms with Crippen molar-refractivity contribution in [2.75, 3.05) is 6.61 Å². The number of ether oxygens (including phenoxy) is 1. The summed E-state index contributed by atoms with van der Waals surface area (Å²) in [5, 5.41) is 0. The van der Waals surface area contributed by atoms with Gasteiger partial charge in [-0.15, -0.1) is 0 Å². The molecule has 1 fully saturated rings. The van der Waals surface area contributed by atoms with Crippen molar-refractivity contribution < 1.29 is 4.74 Å². The molecule has 0 aliphatic carbocycles. The SMILES string of the molecule is CC1(C(N)Cc2cccnc2)CCCO1. The molecule has 2 atom stereocenters. The first-order chi connectivity index (χ1) is 7.21. The number of hydrogen-bond acceptors (Lipinski definition) is 3. The van der Waals surface area contributed by atoms with Gasteiger partial charge in [0.1, 0.15) is 0 Å². The Hall–Kier alpha value is -0.930. The molecule has 3 heteroatoms. The van der Waals surface area contributed by atoms with Gasteiger partial charge >= 0.3 is 0 Å². The lowest BCUT2D eigenvalue weighted by molar-refractivity contribution is -0.000919. The van der Waals surface area contributed by atoms with E-state index in [0.29, 0.717) is 0 Å². The zero-order valence-electron chi connectivity index (χ0n) is 9.15. The molecule has 1 aliphatic rings. The van der Waals surface area contributed by atoms with Crippen molar-refractivity contribution in [2.24, 2.45) is 5.73 Å². The largest absolute Gasteiger partial charge is 0.374 e. The van der Waals surface area contributed by atoms with E-state index in [9.17, 15) is 0 Å². The van der Waals surface area contributed by atoms with Crippen LogP contribution in [0.2, 0.25) is 0 Å². The number of nitrogens with two attached hydrogens (primary N) is 1. The quantitative estimate of drug-likeness (QED) is 0.815. The van der Waals surface area contributed by atoms with Crippen LogP contribution in [0.4, 0.5) is 0 Å². The summed E-state index contributed by atoms with van der Waals surface area (Å²) in [4.78, 5) is 4.09. The Labute approximate surface area is 90.7 Å². The molecule has 1 aromatic rings. The maximum atomic E-state index is 6.19. The predicted molar refractivity (Wildman–Crippen MR) is 59.5 cm³/mol. The van der Waals surface area contributed by atoms with Gasteiger partial charge in [0.05, 0.1) is 5.60 Å². The molecule has 2 N–H and O–H groups in total. The van der Waals surface area contributed by atoms with Crippen LogP contribution in [0.15, 0.2) is 24.5 Å². The van der Waals surface area contributed by atoms with Crippen molar-refractivity contribution in [3.63, 3.8) is 0 Å². The van der Waals surface area contributed by atoms with E-state index in [4.69, 9.17) is 10.5 Å². The molecular weight excluding hydrogens is 188 g/mol. The van der Waals surface area contributed by atoms with Gasteiger partial charge in [-0.05, 0) is 37.8 Å². The van der Waals surface area contributed by atoms with Gasteiger partial charge in [0, 0.05) is 25.0 Å². The molecule has 0 radical (unpaired) electrons. The van der Waals surface area contributed by atoms with E-state index >= 15 is 0 Å². The number of pyridine rings is 1. The average Bonchev–Trinajstić information content (AvgIpc) is 2.68. The lowest BCUT2D eigenvalue weighted by Crippen LogP contribution is -2.46. The summed E-state index contributed by atoms with van der Waals surface area (Å²) in [6, 6.07) is 4.06. The first-order valence-corrected chi connectivity index (χ1v) is 5.49. The standard InChI is InChI=1S/C12H18N2O/c1-12(5-3-7-15-12)11(13)8-10-4-2-6-14-9-10/h2,4,6,9,11H,3,5,7-8,13H2,1H3. The van der Waals surface area contributed by atoms with E-state index in [2.05, 4.69) is 18.0 Å². The maximum absolute atomic E-state index is 6.19. The van der Waals surface area contributed by atoms with Crippen molar-refractivity contribution in [1.29, 1.82) is 0 Å². The van der Waals surface area contributed by atoms with Gasteiger partial charge in [-0.25, -0.2) is 0 Å². The number of rotatable bonds is 3. The molecular formula is C12H18N2O. The Morgan fingerprint density at radius 3 is 3.13 bits per heavy atom.